The first kappa shape index (κ1) is 23.5. The second-order valence-electron chi connectivity index (χ2n) is 9.45. The van der Waals surface area contributed by atoms with Crippen molar-refractivity contribution in [3.63, 3.8) is 0 Å². The molecule has 0 radical (unpaired) electrons. The van der Waals surface area contributed by atoms with Crippen LogP contribution in [0.2, 0.25) is 13.1 Å². The summed E-state index contributed by atoms with van der Waals surface area (Å²) in [4.78, 5) is 13.5. The molecule has 31 heavy (non-hydrogen) atoms. The van der Waals surface area contributed by atoms with Crippen molar-refractivity contribution in [3.05, 3.63) is 71.4 Å². The van der Waals surface area contributed by atoms with Gasteiger partial charge < -0.3 is 14.0 Å². The first-order valence-electron chi connectivity index (χ1n) is 10.9. The van der Waals surface area contributed by atoms with Crippen molar-refractivity contribution in [1.29, 1.82) is 0 Å². The lowest BCUT2D eigenvalue weighted by atomic mass is 9.73. The van der Waals surface area contributed by atoms with Crippen LogP contribution in [0.3, 0.4) is 0 Å². The van der Waals surface area contributed by atoms with E-state index in [4.69, 9.17) is 14.0 Å². The minimum absolute atomic E-state index is 0.295. The molecule has 0 unspecified atom stereocenters. The number of carbonyl (C=O) groups excluding carboxylic acids is 1. The molecule has 0 atom stereocenters. The molecule has 0 N–H and O–H groups in total. The van der Waals surface area contributed by atoms with Crippen LogP contribution in [0.1, 0.15) is 40.2 Å². The van der Waals surface area contributed by atoms with E-state index >= 15 is 0 Å². The third kappa shape index (κ3) is 4.57. The minimum Gasteiger partial charge on any atom is -0.463 e. The highest BCUT2D eigenvalue weighted by atomic mass is 28.3. The Morgan fingerprint density at radius 1 is 0.903 bits per heavy atom. The average molecular weight is 436 g/mol. The lowest BCUT2D eigenvalue weighted by Crippen LogP contribution is -2.48. The van der Waals surface area contributed by atoms with Gasteiger partial charge in [-0.3, -0.25) is 0 Å². The molecule has 1 fully saturated rings. The number of esters is 1. The van der Waals surface area contributed by atoms with Crippen LogP contribution in [0, 0.1) is 0 Å². The van der Waals surface area contributed by atoms with Crippen LogP contribution in [-0.4, -0.2) is 39.0 Å². The summed E-state index contributed by atoms with van der Waals surface area (Å²) in [5, 5.41) is 1.84. The molecule has 1 aliphatic heterocycles. The molecule has 0 spiro atoms. The topological polar surface area (TPSA) is 44.8 Å². The Hall–Kier alpha value is -2.15. The average Bonchev–Trinajstić information content (AvgIpc) is 2.94. The summed E-state index contributed by atoms with van der Waals surface area (Å²) in [6.07, 6.45) is 0. The first-order chi connectivity index (χ1) is 14.5. The largest absolute Gasteiger partial charge is 0.495 e. The third-order valence-electron chi connectivity index (χ3n) is 6.44. The summed E-state index contributed by atoms with van der Waals surface area (Å²) in [6.45, 7) is 14.6. The van der Waals surface area contributed by atoms with Crippen molar-refractivity contribution in [2.24, 2.45) is 0 Å². The molecule has 164 valence electrons. The third-order valence-corrected chi connectivity index (χ3v) is 9.94. The van der Waals surface area contributed by atoms with Crippen molar-refractivity contribution in [2.45, 2.75) is 58.9 Å². The fraction of sp³-hybridized carbons (Fsp3) is 0.400. The highest BCUT2D eigenvalue weighted by Gasteiger charge is 2.54. The monoisotopic (exact) mass is 436 g/mol. The normalized spacial score (nSPS) is 18.5. The van der Waals surface area contributed by atoms with E-state index < -0.39 is 26.4 Å². The number of hydrogen-bond donors (Lipinski definition) is 0. The van der Waals surface area contributed by atoms with E-state index in [-0.39, 0.29) is 5.97 Å². The number of benzene rings is 2. The maximum absolute atomic E-state index is 13.5. The standard InChI is InChI=1S/C25H33BO4Si/c1-8-28-23(27)22(31(6,7)20-17-13-10-14-18-20)21(19-15-11-9-12-16-19)26-29-24(2,3)25(4,5)30-26/h9-18H,8H2,1-7H3/b22-21+. The molecule has 3 rings (SSSR count). The van der Waals surface area contributed by atoms with Crippen molar-refractivity contribution in [1.82, 2.24) is 0 Å². The van der Waals surface area contributed by atoms with Crippen LogP contribution in [0.5, 0.6) is 0 Å². The molecule has 2 aromatic rings. The molecule has 0 aromatic heterocycles. The van der Waals surface area contributed by atoms with E-state index in [1.165, 1.54) is 0 Å². The van der Waals surface area contributed by atoms with Crippen molar-refractivity contribution < 1.29 is 18.8 Å². The van der Waals surface area contributed by atoms with Crippen LogP contribution >= 0.6 is 0 Å². The van der Waals surface area contributed by atoms with Gasteiger partial charge in [-0.1, -0.05) is 78.9 Å². The van der Waals surface area contributed by atoms with Crippen molar-refractivity contribution in [2.75, 3.05) is 6.61 Å². The molecule has 1 heterocycles. The Bertz CT molecular complexity index is 936. The lowest BCUT2D eigenvalue weighted by molar-refractivity contribution is -0.137. The fourth-order valence-electron chi connectivity index (χ4n) is 3.88. The molecule has 1 aliphatic rings. The highest BCUT2D eigenvalue weighted by molar-refractivity contribution is 7.01. The summed E-state index contributed by atoms with van der Waals surface area (Å²) in [5.41, 5.74) is 0.657. The van der Waals surface area contributed by atoms with Gasteiger partial charge in [0, 0.05) is 5.20 Å². The van der Waals surface area contributed by atoms with Gasteiger partial charge in [0.05, 0.1) is 17.8 Å². The van der Waals surface area contributed by atoms with Gasteiger partial charge in [-0.15, -0.1) is 0 Å². The Morgan fingerprint density at radius 3 is 1.87 bits per heavy atom. The summed E-state index contributed by atoms with van der Waals surface area (Å²) < 4.78 is 18.5. The summed E-state index contributed by atoms with van der Waals surface area (Å²) >= 11 is 0. The zero-order valence-corrected chi connectivity index (χ0v) is 20.7. The van der Waals surface area contributed by atoms with Gasteiger partial charge in [0.1, 0.15) is 8.07 Å². The van der Waals surface area contributed by atoms with E-state index in [0.717, 1.165) is 16.2 Å². The molecule has 0 amide bonds. The summed E-state index contributed by atoms with van der Waals surface area (Å²) in [5.74, 6) is -0.295. The Morgan fingerprint density at radius 2 is 1.39 bits per heavy atom. The molecule has 1 saturated heterocycles. The zero-order valence-electron chi connectivity index (χ0n) is 19.7. The van der Waals surface area contributed by atoms with Gasteiger partial charge in [-0.25, -0.2) is 4.79 Å². The van der Waals surface area contributed by atoms with E-state index in [2.05, 4.69) is 25.2 Å². The summed E-state index contributed by atoms with van der Waals surface area (Å²) in [6, 6.07) is 20.2. The van der Waals surface area contributed by atoms with Crippen LogP contribution in [0.25, 0.3) is 5.47 Å². The van der Waals surface area contributed by atoms with E-state index in [9.17, 15) is 4.79 Å². The Balaban J connectivity index is 2.31. The fourth-order valence-corrected chi connectivity index (χ4v) is 6.71. The highest BCUT2D eigenvalue weighted by Crippen LogP contribution is 2.42. The van der Waals surface area contributed by atoms with Gasteiger partial charge in [-0.05, 0) is 45.7 Å². The molecule has 0 saturated carbocycles. The Labute approximate surface area is 187 Å². The van der Waals surface area contributed by atoms with Crippen LogP contribution in [0.4, 0.5) is 0 Å². The van der Waals surface area contributed by atoms with Gasteiger partial charge in [0.2, 0.25) is 0 Å². The van der Waals surface area contributed by atoms with Gasteiger partial charge in [0.25, 0.3) is 0 Å². The Kier molecular flexibility index (Phi) is 6.65. The second-order valence-corrected chi connectivity index (χ2v) is 13.8. The van der Waals surface area contributed by atoms with Crippen LogP contribution in [0.15, 0.2) is 65.9 Å². The van der Waals surface area contributed by atoms with E-state index in [0.29, 0.717) is 11.8 Å². The van der Waals surface area contributed by atoms with Gasteiger partial charge in [-0.2, -0.15) is 0 Å². The number of hydrogen-bond acceptors (Lipinski definition) is 4. The first-order valence-corrected chi connectivity index (χ1v) is 13.9. The van der Waals surface area contributed by atoms with Gasteiger partial charge in [0.15, 0.2) is 0 Å². The molecule has 0 aliphatic carbocycles. The van der Waals surface area contributed by atoms with Crippen molar-refractivity contribution >= 4 is 31.8 Å². The maximum Gasteiger partial charge on any atom is 0.495 e. The zero-order chi connectivity index (χ0) is 22.9. The quantitative estimate of drug-likeness (QED) is 0.371. The van der Waals surface area contributed by atoms with E-state index in [1.54, 1.807) is 0 Å². The predicted molar refractivity (Wildman–Crippen MR) is 130 cm³/mol. The SMILES string of the molecule is CCOC(=O)/C(=C(\B1OC(C)(C)C(C)(C)O1)c1ccccc1)[Si](C)(C)c1ccccc1. The van der Waals surface area contributed by atoms with Crippen LogP contribution < -0.4 is 5.19 Å². The second kappa shape index (κ2) is 8.77. The molecule has 2 aromatic carbocycles. The number of rotatable bonds is 6. The number of ether oxygens (including phenoxy) is 1. The number of carbonyl (C=O) groups is 1. The van der Waals surface area contributed by atoms with Crippen LogP contribution in [-0.2, 0) is 18.8 Å². The molecule has 6 heteroatoms. The molecular formula is C25H33BO4Si. The maximum atomic E-state index is 13.5. The van der Waals surface area contributed by atoms with E-state index in [1.807, 2.05) is 83.1 Å². The predicted octanol–water partition coefficient (Wildman–Crippen LogP) is 4.79. The smallest absolute Gasteiger partial charge is 0.463 e. The summed E-state index contributed by atoms with van der Waals surface area (Å²) in [7, 11) is -3.13. The lowest BCUT2D eigenvalue weighted by Gasteiger charge is -2.32. The minimum atomic E-state index is -2.47. The molecule has 4 nitrogen and oxygen atoms in total. The molecular weight excluding hydrogens is 403 g/mol. The molecule has 0 bridgehead atoms. The van der Waals surface area contributed by atoms with Gasteiger partial charge >= 0.3 is 13.1 Å². The van der Waals surface area contributed by atoms with Crippen molar-refractivity contribution in [3.8, 4) is 0 Å².